The molecule has 0 aromatic carbocycles. The van der Waals surface area contributed by atoms with E-state index in [0.29, 0.717) is 11.3 Å². The van der Waals surface area contributed by atoms with Crippen molar-refractivity contribution in [3.05, 3.63) is 21.9 Å². The molecule has 1 unspecified atom stereocenters. The molecule has 0 radical (unpaired) electrons. The van der Waals surface area contributed by atoms with Gasteiger partial charge in [-0.15, -0.1) is 11.3 Å². The van der Waals surface area contributed by atoms with E-state index in [-0.39, 0.29) is 18.6 Å². The number of thiophene rings is 1. The molecule has 1 aromatic heterocycles. The van der Waals surface area contributed by atoms with Gasteiger partial charge in [0, 0.05) is 18.8 Å². The van der Waals surface area contributed by atoms with Gasteiger partial charge in [-0.3, -0.25) is 4.79 Å². The van der Waals surface area contributed by atoms with Crippen molar-refractivity contribution in [2.75, 3.05) is 0 Å². The van der Waals surface area contributed by atoms with Crippen LogP contribution in [0.5, 0.6) is 0 Å². The standard InChI is InChI=1S/C11H12F2OS/c1-7-3-5-15-10(7)9(14)8-2-4-11(12,13)6-8/h3,5,8H,2,4,6H2,1H3. The predicted octanol–water partition coefficient (Wildman–Crippen LogP) is 3.67. The molecule has 4 heteroatoms. The molecule has 0 N–H and O–H groups in total. The van der Waals surface area contributed by atoms with Gasteiger partial charge in [0.05, 0.1) is 4.88 Å². The monoisotopic (exact) mass is 230 g/mol. The van der Waals surface area contributed by atoms with Crippen LogP contribution in [0.4, 0.5) is 8.78 Å². The fourth-order valence-corrected chi connectivity index (χ4v) is 2.93. The van der Waals surface area contributed by atoms with Crippen LogP contribution < -0.4 is 0 Å². The second-order valence-electron chi connectivity index (χ2n) is 4.09. The molecular formula is C11H12F2OS. The third kappa shape index (κ3) is 2.09. The van der Waals surface area contributed by atoms with Crippen LogP contribution in [0.3, 0.4) is 0 Å². The highest BCUT2D eigenvalue weighted by Gasteiger charge is 2.42. The fourth-order valence-electron chi connectivity index (χ4n) is 1.98. The van der Waals surface area contributed by atoms with E-state index in [2.05, 4.69) is 0 Å². The second-order valence-corrected chi connectivity index (χ2v) is 5.01. The first-order valence-corrected chi connectivity index (χ1v) is 5.84. The van der Waals surface area contributed by atoms with Gasteiger partial charge in [-0.1, -0.05) is 0 Å². The largest absolute Gasteiger partial charge is 0.293 e. The van der Waals surface area contributed by atoms with Gasteiger partial charge < -0.3 is 0 Å². The summed E-state index contributed by atoms with van der Waals surface area (Å²) in [6, 6.07) is 1.85. The molecule has 1 fully saturated rings. The highest BCUT2D eigenvalue weighted by Crippen LogP contribution is 2.40. The van der Waals surface area contributed by atoms with Crippen LogP contribution >= 0.6 is 11.3 Å². The minimum atomic E-state index is -2.63. The molecule has 1 heterocycles. The molecule has 1 aliphatic carbocycles. The SMILES string of the molecule is Cc1ccsc1C(=O)C1CCC(F)(F)C1. The Morgan fingerprint density at radius 1 is 1.60 bits per heavy atom. The van der Waals surface area contributed by atoms with Gasteiger partial charge >= 0.3 is 0 Å². The van der Waals surface area contributed by atoms with Crippen LogP contribution in [0.25, 0.3) is 0 Å². The summed E-state index contributed by atoms with van der Waals surface area (Å²) in [5.74, 6) is -3.21. The summed E-state index contributed by atoms with van der Waals surface area (Å²) < 4.78 is 25.9. The molecule has 0 amide bonds. The maximum Gasteiger partial charge on any atom is 0.248 e. The Labute approximate surface area is 91.1 Å². The average molecular weight is 230 g/mol. The van der Waals surface area contributed by atoms with E-state index in [1.54, 1.807) is 0 Å². The van der Waals surface area contributed by atoms with Crippen LogP contribution in [0.15, 0.2) is 11.4 Å². The molecule has 0 saturated heterocycles. The summed E-state index contributed by atoms with van der Waals surface area (Å²) in [4.78, 5) is 12.5. The van der Waals surface area contributed by atoms with Crippen LogP contribution in [-0.4, -0.2) is 11.7 Å². The Hall–Kier alpha value is -0.770. The first kappa shape index (κ1) is 10.7. The summed E-state index contributed by atoms with van der Waals surface area (Å²) in [6.45, 7) is 1.84. The Morgan fingerprint density at radius 3 is 2.80 bits per heavy atom. The Bertz CT molecular complexity index is 384. The molecule has 0 aliphatic heterocycles. The number of hydrogen-bond acceptors (Lipinski definition) is 2. The van der Waals surface area contributed by atoms with Gasteiger partial charge in [0.1, 0.15) is 0 Å². The van der Waals surface area contributed by atoms with Crippen molar-refractivity contribution >= 4 is 17.1 Å². The Balaban J connectivity index is 2.14. The van der Waals surface area contributed by atoms with Crippen molar-refractivity contribution in [1.82, 2.24) is 0 Å². The third-order valence-corrected chi connectivity index (χ3v) is 3.89. The van der Waals surface area contributed by atoms with E-state index < -0.39 is 11.8 Å². The quantitative estimate of drug-likeness (QED) is 0.708. The lowest BCUT2D eigenvalue weighted by Gasteiger charge is -2.08. The Morgan fingerprint density at radius 2 is 2.33 bits per heavy atom. The normalized spacial score (nSPS) is 24.3. The van der Waals surface area contributed by atoms with Crippen molar-refractivity contribution in [1.29, 1.82) is 0 Å². The van der Waals surface area contributed by atoms with Crippen LogP contribution in [0.2, 0.25) is 0 Å². The Kier molecular flexibility index (Phi) is 2.63. The van der Waals surface area contributed by atoms with Crippen LogP contribution in [0, 0.1) is 12.8 Å². The van der Waals surface area contributed by atoms with E-state index in [9.17, 15) is 13.6 Å². The number of aryl methyl sites for hydroxylation is 1. The van der Waals surface area contributed by atoms with E-state index in [0.717, 1.165) is 5.56 Å². The molecule has 1 nitrogen and oxygen atoms in total. The smallest absolute Gasteiger partial charge is 0.248 e. The molecule has 1 atom stereocenters. The highest BCUT2D eigenvalue weighted by molar-refractivity contribution is 7.12. The number of Topliss-reactive ketones (excluding diaryl/α,β-unsaturated/α-hetero) is 1. The fraction of sp³-hybridized carbons (Fsp3) is 0.545. The van der Waals surface area contributed by atoms with E-state index in [4.69, 9.17) is 0 Å². The minimum Gasteiger partial charge on any atom is -0.293 e. The average Bonchev–Trinajstić information content (AvgIpc) is 2.71. The number of carbonyl (C=O) groups is 1. The van der Waals surface area contributed by atoms with Crippen molar-refractivity contribution in [3.63, 3.8) is 0 Å². The minimum absolute atomic E-state index is 0.0975. The van der Waals surface area contributed by atoms with Gasteiger partial charge in [0.25, 0.3) is 0 Å². The molecule has 0 bridgehead atoms. The molecular weight excluding hydrogens is 218 g/mol. The lowest BCUT2D eigenvalue weighted by Crippen LogP contribution is -2.15. The van der Waals surface area contributed by atoms with Crippen molar-refractivity contribution in [2.45, 2.75) is 32.1 Å². The molecule has 2 rings (SSSR count). The van der Waals surface area contributed by atoms with E-state index >= 15 is 0 Å². The summed E-state index contributed by atoms with van der Waals surface area (Å²) in [6.07, 6.45) is -0.0970. The maximum absolute atomic E-state index is 12.9. The van der Waals surface area contributed by atoms with Crippen molar-refractivity contribution in [3.8, 4) is 0 Å². The molecule has 0 spiro atoms. The van der Waals surface area contributed by atoms with Gasteiger partial charge in [0.15, 0.2) is 5.78 Å². The van der Waals surface area contributed by atoms with Crippen LogP contribution in [0.1, 0.15) is 34.5 Å². The zero-order valence-corrected chi connectivity index (χ0v) is 9.24. The summed E-state index contributed by atoms with van der Waals surface area (Å²) >= 11 is 1.35. The molecule has 1 aliphatic rings. The van der Waals surface area contributed by atoms with E-state index in [1.807, 2.05) is 18.4 Å². The number of alkyl halides is 2. The van der Waals surface area contributed by atoms with E-state index in [1.165, 1.54) is 11.3 Å². The maximum atomic E-state index is 12.9. The zero-order valence-electron chi connectivity index (χ0n) is 8.43. The third-order valence-electron chi connectivity index (χ3n) is 2.86. The molecule has 1 aromatic rings. The molecule has 15 heavy (non-hydrogen) atoms. The number of halogens is 2. The van der Waals surface area contributed by atoms with Gasteiger partial charge in [-0.05, 0) is 30.4 Å². The molecule has 82 valence electrons. The van der Waals surface area contributed by atoms with Crippen molar-refractivity contribution in [2.24, 2.45) is 5.92 Å². The van der Waals surface area contributed by atoms with Gasteiger partial charge in [0.2, 0.25) is 5.92 Å². The topological polar surface area (TPSA) is 17.1 Å². The predicted molar refractivity (Wildman–Crippen MR) is 55.7 cm³/mol. The van der Waals surface area contributed by atoms with Crippen LogP contribution in [-0.2, 0) is 0 Å². The highest BCUT2D eigenvalue weighted by atomic mass is 32.1. The lowest BCUT2D eigenvalue weighted by atomic mass is 9.99. The summed E-state index contributed by atoms with van der Waals surface area (Å²) in [5.41, 5.74) is 0.903. The number of carbonyl (C=O) groups excluding carboxylic acids is 1. The van der Waals surface area contributed by atoms with Crippen molar-refractivity contribution < 1.29 is 13.6 Å². The zero-order chi connectivity index (χ0) is 11.1. The number of hydrogen-bond donors (Lipinski definition) is 0. The first-order chi connectivity index (χ1) is 6.99. The number of rotatable bonds is 2. The lowest BCUT2D eigenvalue weighted by molar-refractivity contribution is 0.00532. The summed E-state index contributed by atoms with van der Waals surface area (Å²) in [7, 11) is 0. The van der Waals surface area contributed by atoms with Gasteiger partial charge in [-0.25, -0.2) is 8.78 Å². The second kappa shape index (κ2) is 3.67. The summed E-state index contributed by atoms with van der Waals surface area (Å²) in [5, 5.41) is 1.83. The first-order valence-electron chi connectivity index (χ1n) is 4.96. The molecule has 1 saturated carbocycles. The van der Waals surface area contributed by atoms with Gasteiger partial charge in [-0.2, -0.15) is 0 Å². The number of ketones is 1.